The van der Waals surface area contributed by atoms with Crippen LogP contribution < -0.4 is 5.73 Å². The van der Waals surface area contributed by atoms with Crippen molar-refractivity contribution >= 4 is 11.3 Å². The lowest BCUT2D eigenvalue weighted by Crippen LogP contribution is -2.26. The standard InChI is InChI=1S/C8H14N2OS/c1-2-7-5-12-8(10-7)3-6(9)4-11/h5-6,11H,2-4,9H2,1H3. The van der Waals surface area contributed by atoms with Crippen molar-refractivity contribution in [3.05, 3.63) is 16.1 Å². The van der Waals surface area contributed by atoms with Gasteiger partial charge >= 0.3 is 0 Å². The van der Waals surface area contributed by atoms with Crippen LogP contribution in [0.15, 0.2) is 5.38 Å². The van der Waals surface area contributed by atoms with Crippen LogP contribution in [0, 0.1) is 0 Å². The van der Waals surface area contributed by atoms with E-state index in [1.807, 2.05) is 5.38 Å². The molecule has 1 atom stereocenters. The molecule has 0 radical (unpaired) electrons. The number of rotatable bonds is 4. The van der Waals surface area contributed by atoms with Gasteiger partial charge in [0.15, 0.2) is 0 Å². The summed E-state index contributed by atoms with van der Waals surface area (Å²) in [6.07, 6.45) is 1.64. The van der Waals surface area contributed by atoms with Crippen LogP contribution >= 0.6 is 11.3 Å². The van der Waals surface area contributed by atoms with E-state index in [9.17, 15) is 0 Å². The number of nitrogens with zero attached hydrogens (tertiary/aromatic N) is 1. The highest BCUT2D eigenvalue weighted by Gasteiger charge is 2.05. The van der Waals surface area contributed by atoms with Crippen LogP contribution in [0.1, 0.15) is 17.6 Å². The van der Waals surface area contributed by atoms with Crippen LogP contribution in [0.4, 0.5) is 0 Å². The van der Waals surface area contributed by atoms with Gasteiger partial charge in [0.1, 0.15) is 0 Å². The SMILES string of the molecule is CCc1csc(CC(N)CO)n1. The van der Waals surface area contributed by atoms with Gasteiger partial charge in [-0.25, -0.2) is 4.98 Å². The van der Waals surface area contributed by atoms with E-state index >= 15 is 0 Å². The van der Waals surface area contributed by atoms with Crippen LogP contribution in [-0.2, 0) is 12.8 Å². The minimum Gasteiger partial charge on any atom is -0.395 e. The van der Waals surface area contributed by atoms with E-state index in [2.05, 4.69) is 11.9 Å². The number of hydrogen-bond donors (Lipinski definition) is 2. The van der Waals surface area contributed by atoms with E-state index in [0.29, 0.717) is 6.42 Å². The van der Waals surface area contributed by atoms with E-state index in [1.165, 1.54) is 0 Å². The summed E-state index contributed by atoms with van der Waals surface area (Å²) in [7, 11) is 0. The Morgan fingerprint density at radius 3 is 3.00 bits per heavy atom. The van der Waals surface area contributed by atoms with Crippen molar-refractivity contribution in [3.8, 4) is 0 Å². The van der Waals surface area contributed by atoms with Crippen LogP contribution in [0.5, 0.6) is 0 Å². The highest BCUT2D eigenvalue weighted by atomic mass is 32.1. The molecule has 1 aromatic rings. The zero-order chi connectivity index (χ0) is 8.97. The molecule has 0 aromatic carbocycles. The maximum Gasteiger partial charge on any atom is 0.0944 e. The third kappa shape index (κ3) is 2.55. The van der Waals surface area contributed by atoms with Gasteiger partial charge in [-0.3, -0.25) is 0 Å². The van der Waals surface area contributed by atoms with Crippen LogP contribution in [0.2, 0.25) is 0 Å². The highest BCUT2D eigenvalue weighted by molar-refractivity contribution is 7.09. The lowest BCUT2D eigenvalue weighted by molar-refractivity contribution is 0.265. The summed E-state index contributed by atoms with van der Waals surface area (Å²) >= 11 is 1.62. The minimum atomic E-state index is -0.166. The molecule has 12 heavy (non-hydrogen) atoms. The van der Waals surface area contributed by atoms with Crippen molar-refractivity contribution < 1.29 is 5.11 Å². The van der Waals surface area contributed by atoms with Crippen molar-refractivity contribution in [2.75, 3.05) is 6.61 Å². The Bertz CT molecular complexity index is 237. The number of thiazole rings is 1. The summed E-state index contributed by atoms with van der Waals surface area (Å²) in [5.41, 5.74) is 6.68. The molecule has 0 spiro atoms. The normalized spacial score (nSPS) is 13.2. The summed E-state index contributed by atoms with van der Waals surface area (Å²) in [6, 6.07) is -0.166. The summed E-state index contributed by atoms with van der Waals surface area (Å²) < 4.78 is 0. The summed E-state index contributed by atoms with van der Waals surface area (Å²) in [6.45, 7) is 2.10. The number of aryl methyl sites for hydroxylation is 1. The van der Waals surface area contributed by atoms with Gasteiger partial charge in [-0.1, -0.05) is 6.92 Å². The van der Waals surface area contributed by atoms with Crippen molar-refractivity contribution in [2.24, 2.45) is 5.73 Å². The predicted molar refractivity (Wildman–Crippen MR) is 50.3 cm³/mol. The molecular weight excluding hydrogens is 172 g/mol. The Labute approximate surface area is 76.3 Å². The van der Waals surface area contributed by atoms with E-state index in [0.717, 1.165) is 17.1 Å². The molecule has 68 valence electrons. The van der Waals surface area contributed by atoms with Crippen LogP contribution in [0.25, 0.3) is 0 Å². The van der Waals surface area contributed by atoms with E-state index < -0.39 is 0 Å². The van der Waals surface area contributed by atoms with Crippen LogP contribution in [-0.4, -0.2) is 22.7 Å². The van der Waals surface area contributed by atoms with E-state index in [-0.39, 0.29) is 12.6 Å². The molecule has 0 amide bonds. The quantitative estimate of drug-likeness (QED) is 0.722. The predicted octanol–water partition coefficient (Wildman–Crippen LogP) is 0.568. The molecule has 3 N–H and O–H groups in total. The number of hydrogen-bond acceptors (Lipinski definition) is 4. The van der Waals surface area contributed by atoms with Crippen molar-refractivity contribution in [1.82, 2.24) is 4.98 Å². The maximum atomic E-state index is 8.71. The fraction of sp³-hybridized carbons (Fsp3) is 0.625. The van der Waals surface area contributed by atoms with Gasteiger partial charge in [0.2, 0.25) is 0 Å². The first-order valence-electron chi connectivity index (χ1n) is 4.06. The second-order valence-corrected chi connectivity index (χ2v) is 3.68. The molecule has 1 aromatic heterocycles. The van der Waals surface area contributed by atoms with E-state index in [4.69, 9.17) is 10.8 Å². The minimum absolute atomic E-state index is 0.0288. The molecule has 0 fully saturated rings. The number of aliphatic hydroxyl groups is 1. The first kappa shape index (κ1) is 9.64. The Hall–Kier alpha value is -0.450. The second kappa shape index (κ2) is 4.54. The lowest BCUT2D eigenvalue weighted by Gasteiger charge is -2.03. The Kier molecular flexibility index (Phi) is 3.65. The second-order valence-electron chi connectivity index (χ2n) is 2.73. The number of nitrogens with two attached hydrogens (primary N) is 1. The molecule has 1 heterocycles. The average Bonchev–Trinajstić information content (AvgIpc) is 2.52. The molecule has 3 nitrogen and oxygen atoms in total. The number of aromatic nitrogens is 1. The third-order valence-corrected chi connectivity index (χ3v) is 2.55. The van der Waals surface area contributed by atoms with Crippen molar-refractivity contribution in [2.45, 2.75) is 25.8 Å². The summed E-state index contributed by atoms with van der Waals surface area (Å²) in [4.78, 5) is 4.34. The fourth-order valence-corrected chi connectivity index (χ4v) is 1.87. The van der Waals surface area contributed by atoms with Gasteiger partial charge in [0.05, 0.1) is 17.3 Å². The zero-order valence-electron chi connectivity index (χ0n) is 7.16. The Morgan fingerprint density at radius 2 is 2.50 bits per heavy atom. The molecule has 0 saturated carbocycles. The number of aliphatic hydroxyl groups excluding tert-OH is 1. The molecule has 0 aliphatic rings. The molecule has 0 aliphatic carbocycles. The van der Waals surface area contributed by atoms with Crippen molar-refractivity contribution in [3.63, 3.8) is 0 Å². The monoisotopic (exact) mass is 186 g/mol. The van der Waals surface area contributed by atoms with Gasteiger partial charge in [-0.2, -0.15) is 0 Å². The average molecular weight is 186 g/mol. The van der Waals surface area contributed by atoms with Gasteiger partial charge in [-0.05, 0) is 6.42 Å². The smallest absolute Gasteiger partial charge is 0.0944 e. The largest absolute Gasteiger partial charge is 0.395 e. The first-order valence-corrected chi connectivity index (χ1v) is 4.94. The zero-order valence-corrected chi connectivity index (χ0v) is 7.97. The van der Waals surface area contributed by atoms with Gasteiger partial charge in [0, 0.05) is 17.8 Å². The molecule has 0 saturated heterocycles. The van der Waals surface area contributed by atoms with E-state index in [1.54, 1.807) is 11.3 Å². The Morgan fingerprint density at radius 1 is 1.75 bits per heavy atom. The van der Waals surface area contributed by atoms with Gasteiger partial charge in [0.25, 0.3) is 0 Å². The summed E-state index contributed by atoms with van der Waals surface area (Å²) in [5, 5.41) is 11.8. The van der Waals surface area contributed by atoms with Crippen molar-refractivity contribution in [1.29, 1.82) is 0 Å². The highest BCUT2D eigenvalue weighted by Crippen LogP contribution is 2.11. The van der Waals surface area contributed by atoms with Gasteiger partial charge < -0.3 is 10.8 Å². The maximum absolute atomic E-state index is 8.71. The fourth-order valence-electron chi connectivity index (χ4n) is 0.894. The third-order valence-electron chi connectivity index (χ3n) is 1.63. The first-order chi connectivity index (χ1) is 5.76. The Balaban J connectivity index is 2.52. The van der Waals surface area contributed by atoms with Crippen LogP contribution in [0.3, 0.4) is 0 Å². The molecule has 4 heteroatoms. The summed E-state index contributed by atoms with van der Waals surface area (Å²) in [5.74, 6) is 0. The molecule has 1 unspecified atom stereocenters. The molecule has 1 rings (SSSR count). The molecule has 0 bridgehead atoms. The topological polar surface area (TPSA) is 59.1 Å². The molecular formula is C8H14N2OS. The van der Waals surface area contributed by atoms with Gasteiger partial charge in [-0.15, -0.1) is 11.3 Å². The molecule has 0 aliphatic heterocycles. The lowest BCUT2D eigenvalue weighted by atomic mass is 10.2.